The van der Waals surface area contributed by atoms with E-state index in [1.54, 1.807) is 24.3 Å². The van der Waals surface area contributed by atoms with Crippen LogP contribution >= 0.6 is 23.2 Å². The Morgan fingerprint density at radius 3 is 2.48 bits per heavy atom. The number of nitrogens with one attached hydrogen (secondary N) is 3. The van der Waals surface area contributed by atoms with Crippen LogP contribution in [-0.4, -0.2) is 63.9 Å². The van der Waals surface area contributed by atoms with E-state index in [9.17, 15) is 24.0 Å². The number of carbonyl (C=O) groups is 5. The predicted molar refractivity (Wildman–Crippen MR) is 230 cm³/mol. The maximum absolute atomic E-state index is 16.2. The van der Waals surface area contributed by atoms with Crippen molar-refractivity contribution in [2.24, 2.45) is 5.92 Å². The summed E-state index contributed by atoms with van der Waals surface area (Å²) in [6.45, 7) is 4.82. The van der Waals surface area contributed by atoms with Crippen molar-refractivity contribution in [1.29, 1.82) is 0 Å². The number of nitrogens with zero attached hydrogens (tertiary/aromatic N) is 2. The molecule has 6 aliphatic rings. The van der Waals surface area contributed by atoms with E-state index in [1.807, 2.05) is 48.5 Å². The van der Waals surface area contributed by atoms with Gasteiger partial charge in [-0.3, -0.25) is 39.1 Å². The number of Topliss-reactive ketones (excluding diaryl/α,β-unsaturated/α-hetero) is 1. The van der Waals surface area contributed by atoms with Gasteiger partial charge in [-0.25, -0.2) is 4.39 Å². The second-order valence-electron chi connectivity index (χ2n) is 17.4. The van der Waals surface area contributed by atoms with Gasteiger partial charge < -0.3 is 10.6 Å². The molecule has 3 N–H and O–H groups in total. The Hall–Kier alpha value is -5.20. The lowest BCUT2D eigenvalue weighted by Gasteiger charge is -2.41. The Labute approximate surface area is 362 Å². The first-order chi connectivity index (χ1) is 29.4. The first kappa shape index (κ1) is 39.9. The van der Waals surface area contributed by atoms with Crippen molar-refractivity contribution in [3.63, 3.8) is 0 Å². The van der Waals surface area contributed by atoms with Crippen LogP contribution in [0.25, 0.3) is 5.70 Å². The summed E-state index contributed by atoms with van der Waals surface area (Å²) in [4.78, 5) is 69.7. The molecule has 13 heteroatoms. The zero-order chi connectivity index (χ0) is 42.3. The van der Waals surface area contributed by atoms with Crippen LogP contribution in [0.1, 0.15) is 112 Å². The molecule has 5 heterocycles. The van der Waals surface area contributed by atoms with Gasteiger partial charge in [-0.1, -0.05) is 90.4 Å². The minimum absolute atomic E-state index is 0.0118. The fourth-order valence-corrected chi connectivity index (χ4v) is 11.2. The van der Waals surface area contributed by atoms with E-state index < -0.39 is 29.2 Å². The maximum Gasteiger partial charge on any atom is 0.259 e. The number of amides is 4. The van der Waals surface area contributed by atoms with Gasteiger partial charge in [0.1, 0.15) is 17.4 Å². The Balaban J connectivity index is 0.835. The van der Waals surface area contributed by atoms with E-state index in [1.165, 1.54) is 11.0 Å². The number of benzene rings is 4. The molecule has 0 aromatic heterocycles. The Kier molecular flexibility index (Phi) is 10.0. The molecule has 4 fully saturated rings. The summed E-state index contributed by atoms with van der Waals surface area (Å²) in [5, 5.41) is 9.82. The lowest BCUT2D eigenvalue weighted by atomic mass is 9.73. The summed E-state index contributed by atoms with van der Waals surface area (Å²) >= 11 is 12.8. The standard InChI is InChI=1S/C48H44Cl2FN5O5/c1-25-31-8-4-7-29(41(31)46(60)56(25)37-20-21-40(58)54-45(37)59)6-2-3-11-39(57)28-16-14-27(15-17-28)35-23-38-44(52-35)42(32-9-5-10-34(50)43(32)51)48(55(38)24-26-12-13-26)33-19-18-30(49)22-36(33)53-47(48)61/h4-5,7-10,14-19,22,26,35,37-38,42,44,52H,1-3,6,11-13,20-21,23-24H2,(H,53,61)(H,54,58,59)/t35-,37?,38+,42+,44-,48-/m1/s1. The second kappa shape index (κ2) is 15.3. The van der Waals surface area contributed by atoms with Gasteiger partial charge in [-0.2, -0.15) is 0 Å². The smallest absolute Gasteiger partial charge is 0.259 e. The van der Waals surface area contributed by atoms with Gasteiger partial charge in [0.2, 0.25) is 17.7 Å². The highest BCUT2D eigenvalue weighted by atomic mass is 35.5. The van der Waals surface area contributed by atoms with Crippen molar-refractivity contribution >= 4 is 64.0 Å². The number of hydrogen-bond acceptors (Lipinski definition) is 7. The Morgan fingerprint density at radius 1 is 0.918 bits per heavy atom. The molecule has 3 saturated heterocycles. The third-order valence-electron chi connectivity index (χ3n) is 13.8. The van der Waals surface area contributed by atoms with E-state index >= 15 is 4.39 Å². The van der Waals surface area contributed by atoms with E-state index in [-0.39, 0.29) is 59.5 Å². The number of rotatable bonds is 11. The highest BCUT2D eigenvalue weighted by molar-refractivity contribution is 6.31. The summed E-state index contributed by atoms with van der Waals surface area (Å²) in [5.74, 6) is -1.96. The molecule has 0 bridgehead atoms. The molecule has 4 aromatic carbocycles. The molecule has 10 rings (SSSR count). The van der Waals surface area contributed by atoms with Crippen LogP contribution < -0.4 is 16.0 Å². The lowest BCUT2D eigenvalue weighted by molar-refractivity contribution is -0.136. The summed E-state index contributed by atoms with van der Waals surface area (Å²) in [7, 11) is 0. The molecule has 4 aromatic rings. The topological polar surface area (TPSA) is 128 Å². The first-order valence-corrected chi connectivity index (χ1v) is 21.9. The van der Waals surface area contributed by atoms with Crippen molar-refractivity contribution in [3.8, 4) is 0 Å². The maximum atomic E-state index is 16.2. The van der Waals surface area contributed by atoms with E-state index in [4.69, 9.17) is 23.2 Å². The van der Waals surface area contributed by atoms with Crippen molar-refractivity contribution in [2.45, 2.75) is 93.4 Å². The van der Waals surface area contributed by atoms with Crippen molar-refractivity contribution < 1.29 is 28.4 Å². The third kappa shape index (κ3) is 6.54. The van der Waals surface area contributed by atoms with Gasteiger partial charge in [0.15, 0.2) is 5.78 Å². The molecule has 0 radical (unpaired) electrons. The number of piperidine rings is 1. The van der Waals surface area contributed by atoms with Crippen molar-refractivity contribution in [3.05, 3.63) is 140 Å². The van der Waals surface area contributed by atoms with Crippen LogP contribution in [0.15, 0.2) is 85.4 Å². The molecule has 1 spiro atoms. The van der Waals surface area contributed by atoms with Crippen LogP contribution in [0.4, 0.5) is 10.1 Å². The molecular weight excluding hydrogens is 816 g/mol. The SMILES string of the molecule is C=C1c2cccc(CCCCC(=O)c3ccc([C@H]4C[C@H]5[C@@H](N4)[C@H](c4cccc(Cl)c4F)[C@]4(C(=O)Nc6cc(Cl)ccc64)N5CC4CC4)cc3)c2C(=O)N1C1CCC(=O)NC1=O. The number of aryl methyl sites for hydroxylation is 1. The van der Waals surface area contributed by atoms with Crippen LogP contribution in [0.2, 0.25) is 10.0 Å². The molecule has 6 atom stereocenters. The highest BCUT2D eigenvalue weighted by Crippen LogP contribution is 2.61. The van der Waals surface area contributed by atoms with E-state index in [0.29, 0.717) is 83.2 Å². The van der Waals surface area contributed by atoms with Crippen LogP contribution in [-0.2, 0) is 26.3 Å². The summed E-state index contributed by atoms with van der Waals surface area (Å²) in [6.07, 6.45) is 5.46. The fraction of sp³-hybridized carbons (Fsp3) is 0.354. The molecule has 1 saturated carbocycles. The molecule has 4 amide bonds. The summed E-state index contributed by atoms with van der Waals surface area (Å²) in [6, 6.07) is 22.6. The van der Waals surface area contributed by atoms with Crippen LogP contribution in [0.5, 0.6) is 0 Å². The Morgan fingerprint density at radius 2 is 1.70 bits per heavy atom. The monoisotopic (exact) mass is 859 g/mol. The van der Waals surface area contributed by atoms with Crippen LogP contribution in [0, 0.1) is 11.7 Å². The van der Waals surface area contributed by atoms with Gasteiger partial charge >= 0.3 is 0 Å². The van der Waals surface area contributed by atoms with Gasteiger partial charge in [0.05, 0.1) is 10.6 Å². The number of ketones is 1. The largest absolute Gasteiger partial charge is 0.324 e. The van der Waals surface area contributed by atoms with Gasteiger partial charge in [-0.15, -0.1) is 0 Å². The van der Waals surface area contributed by atoms with Crippen LogP contribution in [0.3, 0.4) is 0 Å². The van der Waals surface area contributed by atoms with Gasteiger partial charge in [0, 0.05) is 76.5 Å². The van der Waals surface area contributed by atoms with Gasteiger partial charge in [0.25, 0.3) is 5.91 Å². The number of fused-ring (bicyclic) bond motifs is 4. The predicted octanol–water partition coefficient (Wildman–Crippen LogP) is 8.09. The first-order valence-electron chi connectivity index (χ1n) is 21.2. The number of likely N-dealkylation sites (tertiary alicyclic amines) is 1. The lowest BCUT2D eigenvalue weighted by Crippen LogP contribution is -2.53. The van der Waals surface area contributed by atoms with E-state index in [0.717, 1.165) is 29.5 Å². The quantitative estimate of drug-likeness (QED) is 0.0791. The molecule has 10 nitrogen and oxygen atoms in total. The molecular formula is C48H44Cl2FN5O5. The molecule has 1 unspecified atom stereocenters. The molecule has 312 valence electrons. The number of unbranched alkanes of at least 4 members (excludes halogenated alkanes) is 1. The number of carbonyl (C=O) groups excluding carboxylic acids is 5. The van der Waals surface area contributed by atoms with Crippen molar-refractivity contribution in [1.82, 2.24) is 20.4 Å². The fourth-order valence-electron chi connectivity index (χ4n) is 10.9. The zero-order valence-electron chi connectivity index (χ0n) is 33.3. The minimum atomic E-state index is -1.17. The zero-order valence-corrected chi connectivity index (χ0v) is 34.8. The highest BCUT2D eigenvalue weighted by Gasteiger charge is 2.69. The average Bonchev–Trinajstić information content (AvgIpc) is 3.71. The minimum Gasteiger partial charge on any atom is -0.324 e. The normalized spacial score (nSPS) is 26.8. The number of imide groups is 1. The Bertz CT molecular complexity index is 2560. The molecule has 61 heavy (non-hydrogen) atoms. The number of anilines is 1. The number of hydrogen-bond donors (Lipinski definition) is 3. The second-order valence-corrected chi connectivity index (χ2v) is 18.2. The summed E-state index contributed by atoms with van der Waals surface area (Å²) < 4.78 is 16.2. The van der Waals surface area contributed by atoms with E-state index in [2.05, 4.69) is 27.4 Å². The third-order valence-corrected chi connectivity index (χ3v) is 14.4. The van der Waals surface area contributed by atoms with Gasteiger partial charge in [-0.05, 0) is 85.8 Å². The molecule has 5 aliphatic heterocycles. The summed E-state index contributed by atoms with van der Waals surface area (Å²) in [5.41, 5.74) is 4.80. The van der Waals surface area contributed by atoms with Crippen molar-refractivity contribution in [2.75, 3.05) is 11.9 Å². The molecule has 1 aliphatic carbocycles. The number of halogens is 3. The average molecular weight is 861 g/mol.